The fraction of sp³-hybridized carbons (Fsp3) is 0.258. The van der Waals surface area contributed by atoms with Crippen molar-refractivity contribution in [1.29, 1.82) is 0 Å². The molecular formula is C31H28N2O4S. The number of aromatic nitrogens is 1. The lowest BCUT2D eigenvalue weighted by atomic mass is 9.93. The summed E-state index contributed by atoms with van der Waals surface area (Å²) < 4.78 is 15.4. The number of ether oxygens (including phenoxy) is 2. The summed E-state index contributed by atoms with van der Waals surface area (Å²) in [6.07, 6.45) is 2.85. The zero-order valence-electron chi connectivity index (χ0n) is 21.3. The Morgan fingerprint density at radius 2 is 1.42 bits per heavy atom. The van der Waals surface area contributed by atoms with Gasteiger partial charge in [-0.15, -0.1) is 0 Å². The number of amides is 1. The molecule has 6 nitrogen and oxygen atoms in total. The molecule has 0 atom stereocenters. The Bertz CT molecular complexity index is 1490. The molecule has 0 saturated heterocycles. The van der Waals surface area contributed by atoms with Crippen LogP contribution >= 0.6 is 11.5 Å². The summed E-state index contributed by atoms with van der Waals surface area (Å²) in [5.41, 5.74) is 5.57. The second-order valence-corrected chi connectivity index (χ2v) is 10.8. The number of rotatable bonds is 7. The van der Waals surface area contributed by atoms with Gasteiger partial charge in [0.2, 0.25) is 0 Å². The van der Waals surface area contributed by atoms with Crippen molar-refractivity contribution in [2.45, 2.75) is 43.6 Å². The number of carbonyl (C=O) groups is 2. The first-order chi connectivity index (χ1) is 18.4. The number of carbonyl (C=O) groups excluding carboxylic acids is 2. The van der Waals surface area contributed by atoms with Gasteiger partial charge in [0.05, 0.1) is 28.8 Å². The van der Waals surface area contributed by atoms with E-state index in [0.717, 1.165) is 64.1 Å². The Labute approximate surface area is 225 Å². The van der Waals surface area contributed by atoms with E-state index in [4.69, 9.17) is 9.47 Å². The molecule has 1 N–H and O–H groups in total. The maximum absolute atomic E-state index is 12.9. The van der Waals surface area contributed by atoms with E-state index in [1.807, 2.05) is 73.7 Å². The van der Waals surface area contributed by atoms with Gasteiger partial charge in [-0.05, 0) is 72.0 Å². The molecule has 0 spiro atoms. The van der Waals surface area contributed by atoms with E-state index in [1.165, 1.54) is 18.6 Å². The molecule has 38 heavy (non-hydrogen) atoms. The summed E-state index contributed by atoms with van der Waals surface area (Å²) in [6, 6.07) is 26.2. The highest BCUT2D eigenvalue weighted by molar-refractivity contribution is 7.10. The number of hydrogen-bond acceptors (Lipinski definition) is 6. The van der Waals surface area contributed by atoms with Crippen LogP contribution in [0.2, 0.25) is 0 Å². The van der Waals surface area contributed by atoms with E-state index in [9.17, 15) is 9.59 Å². The fourth-order valence-corrected chi connectivity index (χ4v) is 5.90. The quantitative estimate of drug-likeness (QED) is 0.258. The molecule has 3 aromatic carbocycles. The first kappa shape index (κ1) is 24.4. The molecule has 1 amide bonds. The fourth-order valence-electron chi connectivity index (χ4n) is 5.05. The minimum Gasteiger partial charge on any atom is -0.468 e. The summed E-state index contributed by atoms with van der Waals surface area (Å²) in [5, 5.41) is 2.96. The molecule has 0 aliphatic heterocycles. The van der Waals surface area contributed by atoms with Crippen LogP contribution in [0, 0.1) is 6.92 Å². The molecule has 192 valence electrons. The molecule has 0 radical (unpaired) electrons. The molecule has 4 aromatic rings. The van der Waals surface area contributed by atoms with Crippen molar-refractivity contribution in [3.63, 3.8) is 0 Å². The summed E-state index contributed by atoms with van der Waals surface area (Å²) in [6.45, 7) is 1.89. The van der Waals surface area contributed by atoms with Crippen LogP contribution in [0.25, 0.3) is 21.6 Å². The maximum atomic E-state index is 12.9. The Balaban J connectivity index is 1.17. The number of hydrogen-bond donors (Lipinski definition) is 1. The van der Waals surface area contributed by atoms with Gasteiger partial charge in [0.15, 0.2) is 0 Å². The summed E-state index contributed by atoms with van der Waals surface area (Å²) in [7, 11) is 1.45. The van der Waals surface area contributed by atoms with Crippen molar-refractivity contribution in [2.75, 3.05) is 12.4 Å². The normalized spacial score (nSPS) is 16.4. The Hall–Kier alpha value is -3.97. The number of benzene rings is 3. The zero-order chi connectivity index (χ0) is 26.3. The first-order valence-electron chi connectivity index (χ1n) is 12.8. The molecule has 2 saturated carbocycles. The number of esters is 1. The smallest absolute Gasteiger partial charge is 0.412 e. The highest BCUT2D eigenvalue weighted by atomic mass is 32.1. The van der Waals surface area contributed by atoms with Crippen LogP contribution in [0.1, 0.15) is 42.5 Å². The van der Waals surface area contributed by atoms with Crippen LogP contribution in [-0.2, 0) is 25.3 Å². The molecule has 1 aromatic heterocycles. The monoisotopic (exact) mass is 524 g/mol. The van der Waals surface area contributed by atoms with Crippen molar-refractivity contribution >= 4 is 29.3 Å². The second kappa shape index (κ2) is 9.40. The zero-order valence-corrected chi connectivity index (χ0v) is 22.1. The van der Waals surface area contributed by atoms with Gasteiger partial charge in [0.25, 0.3) is 0 Å². The van der Waals surface area contributed by atoms with Crippen molar-refractivity contribution in [1.82, 2.24) is 4.37 Å². The molecule has 0 bridgehead atoms. The number of nitrogens with zero attached hydrogens (tertiary/aromatic N) is 1. The lowest BCUT2D eigenvalue weighted by molar-refractivity contribution is -0.143. The third-order valence-electron chi connectivity index (χ3n) is 7.63. The maximum Gasteiger partial charge on any atom is 0.412 e. The van der Waals surface area contributed by atoms with E-state index in [0.29, 0.717) is 5.69 Å². The largest absolute Gasteiger partial charge is 0.468 e. The third-order valence-corrected chi connectivity index (χ3v) is 8.61. The Morgan fingerprint density at radius 1 is 0.816 bits per heavy atom. The van der Waals surface area contributed by atoms with Crippen LogP contribution in [0.3, 0.4) is 0 Å². The number of aryl methyl sites for hydroxylation is 1. The standard InChI is InChI=1S/C31H28N2O4S/c1-20-26(32-29(35)37-31(18-19-31)25-6-4-3-5-7-25)27(38-33-20)23-10-8-21(9-11-23)22-12-14-24(15-13-22)30(16-17-30)28(34)36-2/h3-15H,16-19H2,1-2H3,(H,32,35). The van der Waals surface area contributed by atoms with Crippen molar-refractivity contribution in [2.24, 2.45) is 0 Å². The topological polar surface area (TPSA) is 77.5 Å². The number of anilines is 1. The highest BCUT2D eigenvalue weighted by Crippen LogP contribution is 2.50. The van der Waals surface area contributed by atoms with Crippen molar-refractivity contribution in [3.8, 4) is 21.6 Å². The van der Waals surface area contributed by atoms with Gasteiger partial charge in [-0.2, -0.15) is 4.37 Å². The molecule has 0 unspecified atom stereocenters. The van der Waals surface area contributed by atoms with Gasteiger partial charge in [-0.3, -0.25) is 10.1 Å². The van der Waals surface area contributed by atoms with Gasteiger partial charge < -0.3 is 9.47 Å². The summed E-state index contributed by atoms with van der Waals surface area (Å²) in [5.74, 6) is -0.157. The average molecular weight is 525 g/mol. The van der Waals surface area contributed by atoms with E-state index in [2.05, 4.69) is 21.8 Å². The van der Waals surface area contributed by atoms with Crippen molar-refractivity contribution < 1.29 is 19.1 Å². The average Bonchev–Trinajstić information content (AvgIpc) is 3.89. The molecule has 2 aliphatic rings. The lowest BCUT2D eigenvalue weighted by Gasteiger charge is -2.18. The Morgan fingerprint density at radius 3 is 2.00 bits per heavy atom. The van der Waals surface area contributed by atoms with Crippen LogP contribution in [0.15, 0.2) is 78.9 Å². The first-order valence-corrected chi connectivity index (χ1v) is 13.5. The lowest BCUT2D eigenvalue weighted by Crippen LogP contribution is -2.22. The van der Waals surface area contributed by atoms with Gasteiger partial charge in [-0.1, -0.05) is 78.9 Å². The highest BCUT2D eigenvalue weighted by Gasteiger charge is 2.52. The van der Waals surface area contributed by atoms with E-state index >= 15 is 0 Å². The molecule has 6 rings (SSSR count). The predicted octanol–water partition coefficient (Wildman–Crippen LogP) is 7.23. The third kappa shape index (κ3) is 4.37. The van der Waals surface area contributed by atoms with Crippen LogP contribution in [0.4, 0.5) is 10.5 Å². The number of methoxy groups -OCH3 is 1. The minimum atomic E-state index is -0.532. The Kier molecular flexibility index (Phi) is 6.03. The summed E-state index contributed by atoms with van der Waals surface area (Å²) in [4.78, 5) is 26.0. The van der Waals surface area contributed by atoms with Gasteiger partial charge in [0, 0.05) is 0 Å². The number of nitrogens with one attached hydrogen (secondary N) is 1. The van der Waals surface area contributed by atoms with E-state index in [-0.39, 0.29) is 5.97 Å². The molecule has 2 aliphatic carbocycles. The summed E-state index contributed by atoms with van der Waals surface area (Å²) >= 11 is 1.36. The SMILES string of the molecule is COC(=O)C1(c2ccc(-c3ccc(-c4snc(C)c4NC(=O)OC4(c5ccccc5)CC4)cc3)cc2)CC1. The molecule has 7 heteroatoms. The molecule has 2 fully saturated rings. The van der Waals surface area contributed by atoms with E-state index < -0.39 is 17.1 Å². The van der Waals surface area contributed by atoms with Gasteiger partial charge in [0.1, 0.15) is 5.60 Å². The molecular weight excluding hydrogens is 496 g/mol. The van der Waals surface area contributed by atoms with Crippen LogP contribution in [-0.4, -0.2) is 23.5 Å². The minimum absolute atomic E-state index is 0.157. The molecule has 1 heterocycles. The predicted molar refractivity (Wildman–Crippen MR) is 148 cm³/mol. The van der Waals surface area contributed by atoms with Crippen LogP contribution < -0.4 is 5.32 Å². The van der Waals surface area contributed by atoms with Crippen molar-refractivity contribution in [3.05, 3.63) is 95.7 Å². The van der Waals surface area contributed by atoms with Crippen LogP contribution in [0.5, 0.6) is 0 Å². The second-order valence-electron chi connectivity index (χ2n) is 10.1. The van der Waals surface area contributed by atoms with Gasteiger partial charge in [-0.25, -0.2) is 4.79 Å². The van der Waals surface area contributed by atoms with E-state index in [1.54, 1.807) is 0 Å². The van der Waals surface area contributed by atoms with Gasteiger partial charge >= 0.3 is 12.1 Å².